The third-order valence-corrected chi connectivity index (χ3v) is 1.86. The van der Waals surface area contributed by atoms with E-state index in [4.69, 9.17) is 5.11 Å². The molecular weight excluding hydrogens is 233 g/mol. The summed E-state index contributed by atoms with van der Waals surface area (Å²) in [5.74, 6) is -1.12. The molecule has 0 atom stereocenters. The van der Waals surface area contributed by atoms with Gasteiger partial charge >= 0.3 is 35.5 Å². The second-order valence-electron chi connectivity index (χ2n) is 2.44. The van der Waals surface area contributed by atoms with Crippen molar-refractivity contribution in [2.24, 2.45) is 0 Å². The molecule has 0 unspecified atom stereocenters. The minimum absolute atomic E-state index is 0. The molecule has 0 aliphatic rings. The number of carboxylic acids is 1. The molecule has 6 nitrogen and oxygen atoms in total. The van der Waals surface area contributed by atoms with Crippen LogP contribution in [0.25, 0.3) is 0 Å². The molecular formula is C7H6NNaO5S. The molecule has 0 spiro atoms. The van der Waals surface area contributed by atoms with E-state index < -0.39 is 16.3 Å². The zero-order valence-electron chi connectivity index (χ0n) is 7.80. The van der Waals surface area contributed by atoms with Crippen LogP contribution in [0.4, 0.5) is 5.69 Å². The van der Waals surface area contributed by atoms with Crippen molar-refractivity contribution in [3.05, 3.63) is 29.8 Å². The standard InChI is InChI=1S/C7H7NO5S.Na/c9-7(10)5-1-3-6(4-2-5)8-14(11,12)13;/h1-4,8H,(H,9,10)(H,11,12,13);/q;+1/p-1. The smallest absolute Gasteiger partial charge is 0.731 e. The van der Waals surface area contributed by atoms with Crippen LogP contribution in [-0.2, 0) is 10.3 Å². The van der Waals surface area contributed by atoms with Gasteiger partial charge in [0.25, 0.3) is 0 Å². The molecule has 1 aromatic carbocycles. The first-order valence-electron chi connectivity index (χ1n) is 3.45. The zero-order chi connectivity index (χ0) is 10.8. The Hall–Kier alpha value is -0.600. The van der Waals surface area contributed by atoms with E-state index in [2.05, 4.69) is 0 Å². The molecule has 0 heterocycles. The van der Waals surface area contributed by atoms with E-state index in [-0.39, 0.29) is 40.8 Å². The predicted octanol–water partition coefficient (Wildman–Crippen LogP) is -2.74. The molecule has 2 N–H and O–H groups in total. The summed E-state index contributed by atoms with van der Waals surface area (Å²) in [7, 11) is -4.56. The molecule has 0 aromatic heterocycles. The topological polar surface area (TPSA) is 107 Å². The maximum atomic E-state index is 10.4. The van der Waals surface area contributed by atoms with Crippen molar-refractivity contribution in [3.8, 4) is 0 Å². The van der Waals surface area contributed by atoms with Crippen molar-refractivity contribution >= 4 is 22.0 Å². The number of benzene rings is 1. The largest absolute Gasteiger partial charge is 1.00 e. The van der Waals surface area contributed by atoms with Gasteiger partial charge in [-0.1, -0.05) is 0 Å². The molecule has 0 radical (unpaired) electrons. The molecule has 0 saturated heterocycles. The number of hydrogen-bond acceptors (Lipinski definition) is 4. The summed E-state index contributed by atoms with van der Waals surface area (Å²) in [6.45, 7) is 0. The van der Waals surface area contributed by atoms with Crippen LogP contribution in [-0.4, -0.2) is 24.0 Å². The number of carbonyl (C=O) groups is 1. The second kappa shape index (κ2) is 5.47. The van der Waals surface area contributed by atoms with Crippen LogP contribution in [0.15, 0.2) is 24.3 Å². The molecule has 0 bridgehead atoms. The molecule has 76 valence electrons. The first-order valence-corrected chi connectivity index (χ1v) is 4.86. The number of nitrogens with one attached hydrogen (secondary N) is 1. The normalized spacial score (nSPS) is 10.2. The van der Waals surface area contributed by atoms with Gasteiger partial charge in [-0.15, -0.1) is 0 Å². The minimum Gasteiger partial charge on any atom is -0.731 e. The van der Waals surface area contributed by atoms with E-state index in [9.17, 15) is 17.8 Å². The second-order valence-corrected chi connectivity index (χ2v) is 3.55. The van der Waals surface area contributed by atoms with E-state index in [0.29, 0.717) is 0 Å². The van der Waals surface area contributed by atoms with Crippen molar-refractivity contribution in [3.63, 3.8) is 0 Å². The minimum atomic E-state index is -4.56. The van der Waals surface area contributed by atoms with Crippen LogP contribution in [0.3, 0.4) is 0 Å². The van der Waals surface area contributed by atoms with Gasteiger partial charge in [0.1, 0.15) is 0 Å². The van der Waals surface area contributed by atoms with Gasteiger partial charge in [-0.25, -0.2) is 13.2 Å². The maximum Gasteiger partial charge on any atom is 1.00 e. The van der Waals surface area contributed by atoms with Crippen LogP contribution >= 0.6 is 0 Å². The summed E-state index contributed by atoms with van der Waals surface area (Å²) in [4.78, 5) is 10.4. The van der Waals surface area contributed by atoms with E-state index in [1.165, 1.54) is 24.3 Å². The van der Waals surface area contributed by atoms with Gasteiger partial charge in [0.05, 0.1) is 5.56 Å². The Balaban J connectivity index is 0.00000196. The van der Waals surface area contributed by atoms with Crippen molar-refractivity contribution < 1.29 is 52.4 Å². The van der Waals surface area contributed by atoms with Crippen molar-refractivity contribution in [2.45, 2.75) is 0 Å². The molecule has 8 heteroatoms. The summed E-state index contributed by atoms with van der Waals surface area (Å²) in [6, 6.07) is 4.77. The van der Waals surface area contributed by atoms with E-state index in [1.54, 1.807) is 4.72 Å². The quantitative estimate of drug-likeness (QED) is 0.439. The maximum absolute atomic E-state index is 10.4. The summed E-state index contributed by atoms with van der Waals surface area (Å²) >= 11 is 0. The number of carboxylic acid groups (broad SMARTS) is 1. The molecule has 0 amide bonds. The molecule has 1 aromatic rings. The Labute approximate surface area is 108 Å². The fraction of sp³-hybridized carbons (Fsp3) is 0. The molecule has 15 heavy (non-hydrogen) atoms. The monoisotopic (exact) mass is 239 g/mol. The number of rotatable bonds is 3. The first kappa shape index (κ1) is 14.4. The van der Waals surface area contributed by atoms with E-state index >= 15 is 0 Å². The number of anilines is 1. The molecule has 0 saturated carbocycles. The van der Waals surface area contributed by atoms with Gasteiger partial charge < -0.3 is 9.66 Å². The molecule has 0 fully saturated rings. The average molecular weight is 239 g/mol. The third-order valence-electron chi connectivity index (χ3n) is 1.37. The fourth-order valence-electron chi connectivity index (χ4n) is 0.825. The van der Waals surface area contributed by atoms with Gasteiger partial charge in [-0.3, -0.25) is 4.72 Å². The van der Waals surface area contributed by atoms with Gasteiger partial charge in [0.15, 0.2) is 10.3 Å². The summed E-state index contributed by atoms with van der Waals surface area (Å²) in [5, 5.41) is 8.51. The Kier molecular flexibility index (Phi) is 5.26. The van der Waals surface area contributed by atoms with Crippen molar-refractivity contribution in [1.29, 1.82) is 0 Å². The average Bonchev–Trinajstić information content (AvgIpc) is 2.02. The molecule has 1 rings (SSSR count). The van der Waals surface area contributed by atoms with Crippen molar-refractivity contribution in [1.82, 2.24) is 0 Å². The summed E-state index contributed by atoms with van der Waals surface area (Å²) < 4.78 is 32.4. The van der Waals surface area contributed by atoms with Crippen LogP contribution in [0.2, 0.25) is 0 Å². The van der Waals surface area contributed by atoms with E-state index in [1.807, 2.05) is 0 Å². The Bertz CT molecular complexity index is 441. The summed E-state index contributed by atoms with van der Waals surface area (Å²) in [5.41, 5.74) is 0.0452. The summed E-state index contributed by atoms with van der Waals surface area (Å²) in [6.07, 6.45) is 0. The van der Waals surface area contributed by atoms with Gasteiger partial charge in [0, 0.05) is 5.69 Å². The van der Waals surface area contributed by atoms with Crippen molar-refractivity contribution in [2.75, 3.05) is 4.72 Å². The SMILES string of the molecule is O=C(O)c1ccc(NS(=O)(=O)[O-])cc1.[Na+]. The predicted molar refractivity (Wildman–Crippen MR) is 46.7 cm³/mol. The third kappa shape index (κ3) is 5.14. The van der Waals surface area contributed by atoms with Gasteiger partial charge in [0.2, 0.25) is 0 Å². The Morgan fingerprint density at radius 2 is 1.73 bits per heavy atom. The van der Waals surface area contributed by atoms with Gasteiger partial charge in [-0.2, -0.15) is 0 Å². The molecule has 0 aliphatic heterocycles. The van der Waals surface area contributed by atoms with Crippen LogP contribution < -0.4 is 34.3 Å². The van der Waals surface area contributed by atoms with Crippen LogP contribution in [0.5, 0.6) is 0 Å². The van der Waals surface area contributed by atoms with Crippen LogP contribution in [0.1, 0.15) is 10.4 Å². The number of hydrogen-bond donors (Lipinski definition) is 2. The zero-order valence-corrected chi connectivity index (χ0v) is 10.6. The van der Waals surface area contributed by atoms with Gasteiger partial charge in [-0.05, 0) is 24.3 Å². The van der Waals surface area contributed by atoms with E-state index in [0.717, 1.165) is 0 Å². The molecule has 0 aliphatic carbocycles. The fourth-order valence-corrected chi connectivity index (χ4v) is 1.25. The first-order chi connectivity index (χ1) is 6.38. The Morgan fingerprint density at radius 1 is 1.27 bits per heavy atom. The van der Waals surface area contributed by atoms with Crippen LogP contribution in [0, 0.1) is 0 Å². The Morgan fingerprint density at radius 3 is 2.07 bits per heavy atom. The number of aromatic carboxylic acids is 1.